The van der Waals surface area contributed by atoms with Crippen molar-refractivity contribution >= 4 is 27.4 Å². The molecule has 0 spiro atoms. The lowest BCUT2D eigenvalue weighted by Gasteiger charge is -2.25. The second-order valence-electron chi connectivity index (χ2n) is 5.65. The highest BCUT2D eigenvalue weighted by Crippen LogP contribution is 2.35. The molecule has 2 aromatic rings. The summed E-state index contributed by atoms with van der Waals surface area (Å²) in [6, 6.07) is 14.0. The van der Waals surface area contributed by atoms with E-state index in [0.717, 1.165) is 23.7 Å². The van der Waals surface area contributed by atoms with Crippen LogP contribution in [0.15, 0.2) is 46.9 Å². The number of benzene rings is 2. The lowest BCUT2D eigenvalue weighted by atomic mass is 9.79. The number of halogens is 1. The number of hydrogen-bond donors (Lipinski definition) is 1. The molecular weight excluding hydrogens is 326 g/mol. The van der Waals surface area contributed by atoms with Gasteiger partial charge >= 0.3 is 0 Å². The van der Waals surface area contributed by atoms with Crippen LogP contribution in [0.25, 0.3) is 0 Å². The van der Waals surface area contributed by atoms with Crippen molar-refractivity contribution < 1.29 is 4.79 Å². The van der Waals surface area contributed by atoms with Crippen LogP contribution in [0.2, 0.25) is 0 Å². The topological polar surface area (TPSA) is 43.1 Å². The Morgan fingerprint density at radius 3 is 2.86 bits per heavy atom. The van der Waals surface area contributed by atoms with Gasteiger partial charge in [0.2, 0.25) is 0 Å². The molecule has 1 unspecified atom stereocenters. The van der Waals surface area contributed by atoms with Crippen molar-refractivity contribution in [2.45, 2.75) is 31.6 Å². The number of hydrogen-bond acceptors (Lipinski definition) is 2. The summed E-state index contributed by atoms with van der Waals surface area (Å²) >= 11 is 3.37. The fraction of sp³-hybridized carbons (Fsp3) is 0.278. The predicted molar refractivity (Wildman–Crippen MR) is 89.6 cm³/mol. The Labute approximate surface area is 133 Å². The third kappa shape index (κ3) is 3.03. The minimum Gasteiger partial charge on any atom is -0.398 e. The standard InChI is InChI=1S/C18H18BrNO/c19-14-8-9-16(17(20)11-14)18(21)10-13-6-3-5-12-4-1-2-7-15(12)13/h1-2,4,7-9,11,13H,3,5-6,10,20H2. The van der Waals surface area contributed by atoms with E-state index in [9.17, 15) is 4.79 Å². The van der Waals surface area contributed by atoms with Crippen LogP contribution in [0, 0.1) is 0 Å². The molecule has 0 fully saturated rings. The SMILES string of the molecule is Nc1cc(Br)ccc1C(=O)CC1CCCc2ccccc21. The molecule has 1 aliphatic rings. The molecule has 3 rings (SSSR count). The van der Waals surface area contributed by atoms with E-state index in [2.05, 4.69) is 40.2 Å². The number of anilines is 1. The van der Waals surface area contributed by atoms with E-state index >= 15 is 0 Å². The van der Waals surface area contributed by atoms with E-state index < -0.39 is 0 Å². The van der Waals surface area contributed by atoms with Crippen molar-refractivity contribution in [3.63, 3.8) is 0 Å². The minimum atomic E-state index is 0.140. The van der Waals surface area contributed by atoms with Gasteiger partial charge in [0.1, 0.15) is 0 Å². The van der Waals surface area contributed by atoms with Crippen molar-refractivity contribution in [1.82, 2.24) is 0 Å². The van der Waals surface area contributed by atoms with Crippen LogP contribution in [-0.4, -0.2) is 5.78 Å². The Balaban J connectivity index is 1.83. The average molecular weight is 344 g/mol. The second kappa shape index (κ2) is 6.02. The third-order valence-corrected chi connectivity index (χ3v) is 4.73. The summed E-state index contributed by atoms with van der Waals surface area (Å²) in [4.78, 5) is 12.6. The van der Waals surface area contributed by atoms with Crippen LogP contribution < -0.4 is 5.73 Å². The number of ketones is 1. The number of carbonyl (C=O) groups excluding carboxylic acids is 1. The molecule has 0 aromatic heterocycles. The summed E-state index contributed by atoms with van der Waals surface area (Å²) in [6.45, 7) is 0. The zero-order valence-electron chi connectivity index (χ0n) is 11.8. The van der Waals surface area contributed by atoms with E-state index in [1.165, 1.54) is 11.1 Å². The summed E-state index contributed by atoms with van der Waals surface area (Å²) in [5.74, 6) is 0.465. The van der Waals surface area contributed by atoms with Crippen LogP contribution in [0.1, 0.15) is 46.7 Å². The first-order valence-electron chi connectivity index (χ1n) is 7.31. The highest BCUT2D eigenvalue weighted by atomic mass is 79.9. The lowest BCUT2D eigenvalue weighted by molar-refractivity contribution is 0.0972. The van der Waals surface area contributed by atoms with Crippen LogP contribution >= 0.6 is 15.9 Å². The molecule has 0 heterocycles. The van der Waals surface area contributed by atoms with Gasteiger partial charge in [-0.2, -0.15) is 0 Å². The van der Waals surface area contributed by atoms with Crippen molar-refractivity contribution in [3.05, 3.63) is 63.6 Å². The summed E-state index contributed by atoms with van der Waals surface area (Å²) in [7, 11) is 0. The fourth-order valence-corrected chi connectivity index (χ4v) is 3.57. The molecule has 1 atom stereocenters. The number of carbonyl (C=O) groups is 1. The van der Waals surface area contributed by atoms with Crippen molar-refractivity contribution in [2.24, 2.45) is 0 Å². The molecule has 108 valence electrons. The molecule has 2 aromatic carbocycles. The van der Waals surface area contributed by atoms with Crippen LogP contribution in [-0.2, 0) is 6.42 Å². The second-order valence-corrected chi connectivity index (χ2v) is 6.56. The Kier molecular flexibility index (Phi) is 4.11. The minimum absolute atomic E-state index is 0.140. The zero-order chi connectivity index (χ0) is 14.8. The Bertz CT molecular complexity index is 681. The van der Waals surface area contributed by atoms with E-state index in [0.29, 0.717) is 23.6 Å². The largest absolute Gasteiger partial charge is 0.398 e. The van der Waals surface area contributed by atoms with Crippen molar-refractivity contribution in [1.29, 1.82) is 0 Å². The maximum absolute atomic E-state index is 12.6. The number of rotatable bonds is 3. The maximum Gasteiger partial charge on any atom is 0.165 e. The molecule has 0 radical (unpaired) electrons. The highest BCUT2D eigenvalue weighted by Gasteiger charge is 2.23. The van der Waals surface area contributed by atoms with Crippen LogP contribution in [0.4, 0.5) is 5.69 Å². The van der Waals surface area contributed by atoms with E-state index in [-0.39, 0.29) is 5.78 Å². The Morgan fingerprint density at radius 2 is 2.05 bits per heavy atom. The lowest BCUT2D eigenvalue weighted by Crippen LogP contribution is -2.14. The van der Waals surface area contributed by atoms with E-state index in [1.807, 2.05) is 12.1 Å². The molecule has 2 nitrogen and oxygen atoms in total. The Morgan fingerprint density at radius 1 is 1.24 bits per heavy atom. The molecule has 2 N–H and O–H groups in total. The van der Waals surface area contributed by atoms with Gasteiger partial charge in [0.25, 0.3) is 0 Å². The quantitative estimate of drug-likeness (QED) is 0.646. The van der Waals surface area contributed by atoms with Crippen molar-refractivity contribution in [3.8, 4) is 0 Å². The fourth-order valence-electron chi connectivity index (χ4n) is 3.19. The predicted octanol–water partition coefficient (Wildman–Crippen LogP) is 4.72. The normalized spacial score (nSPS) is 17.3. The van der Waals surface area contributed by atoms with Gasteiger partial charge in [-0.3, -0.25) is 4.79 Å². The molecule has 21 heavy (non-hydrogen) atoms. The van der Waals surface area contributed by atoms with Gasteiger partial charge in [-0.05, 0) is 54.5 Å². The molecule has 0 aliphatic heterocycles. The highest BCUT2D eigenvalue weighted by molar-refractivity contribution is 9.10. The number of Topliss-reactive ketones (excluding diaryl/α,β-unsaturated/α-hetero) is 1. The molecule has 0 saturated heterocycles. The summed E-state index contributed by atoms with van der Waals surface area (Å²) in [5, 5.41) is 0. The number of aryl methyl sites for hydroxylation is 1. The smallest absolute Gasteiger partial charge is 0.165 e. The molecule has 3 heteroatoms. The first-order chi connectivity index (χ1) is 10.1. The first-order valence-corrected chi connectivity index (χ1v) is 8.10. The van der Waals surface area contributed by atoms with Crippen LogP contribution in [0.5, 0.6) is 0 Å². The van der Waals surface area contributed by atoms with Gasteiger partial charge in [0.05, 0.1) is 0 Å². The number of fused-ring (bicyclic) bond motifs is 1. The van der Waals surface area contributed by atoms with Gasteiger partial charge in [0.15, 0.2) is 5.78 Å². The summed E-state index contributed by atoms with van der Waals surface area (Å²) in [6.07, 6.45) is 3.91. The van der Waals surface area contributed by atoms with Gasteiger partial charge in [-0.1, -0.05) is 40.2 Å². The maximum atomic E-state index is 12.6. The first kappa shape index (κ1) is 14.3. The molecule has 1 aliphatic carbocycles. The van der Waals surface area contributed by atoms with E-state index in [4.69, 9.17) is 5.73 Å². The average Bonchev–Trinajstić information content (AvgIpc) is 2.47. The van der Waals surface area contributed by atoms with Crippen molar-refractivity contribution in [2.75, 3.05) is 5.73 Å². The van der Waals surface area contributed by atoms with Gasteiger partial charge < -0.3 is 5.73 Å². The third-order valence-electron chi connectivity index (χ3n) is 4.24. The van der Waals surface area contributed by atoms with Gasteiger partial charge in [-0.15, -0.1) is 0 Å². The Hall–Kier alpha value is -1.61. The molecule has 0 bridgehead atoms. The molecular formula is C18H18BrNO. The molecule has 0 amide bonds. The number of nitrogen functional groups attached to an aromatic ring is 1. The summed E-state index contributed by atoms with van der Waals surface area (Å²) < 4.78 is 0.902. The van der Waals surface area contributed by atoms with Gasteiger partial charge in [0, 0.05) is 22.1 Å². The summed E-state index contributed by atoms with van der Waals surface area (Å²) in [5.41, 5.74) is 9.90. The van der Waals surface area contributed by atoms with Gasteiger partial charge in [-0.25, -0.2) is 0 Å². The number of nitrogens with two attached hydrogens (primary N) is 1. The monoisotopic (exact) mass is 343 g/mol. The zero-order valence-corrected chi connectivity index (χ0v) is 13.4. The molecule has 0 saturated carbocycles. The van der Waals surface area contributed by atoms with E-state index in [1.54, 1.807) is 6.07 Å². The van der Waals surface area contributed by atoms with Crippen LogP contribution in [0.3, 0.4) is 0 Å².